The number of anilines is 2. The van der Waals surface area contributed by atoms with Gasteiger partial charge < -0.3 is 24.0 Å². The van der Waals surface area contributed by atoms with Crippen molar-refractivity contribution in [3.63, 3.8) is 0 Å². The normalized spacial score (nSPS) is 17.9. The van der Waals surface area contributed by atoms with Crippen molar-refractivity contribution >= 4 is 38.4 Å². The minimum absolute atomic E-state index is 0.144. The van der Waals surface area contributed by atoms with Crippen LogP contribution in [0.4, 0.5) is 20.0 Å². The van der Waals surface area contributed by atoms with Gasteiger partial charge in [-0.15, -0.1) is 0 Å². The first-order valence-corrected chi connectivity index (χ1v) is 11.5. The summed E-state index contributed by atoms with van der Waals surface area (Å²) in [6.45, 7) is 4.61. The molecule has 10 heteroatoms. The smallest absolute Gasteiger partial charge is 0.323 e. The molecule has 1 aromatic heterocycles. The molecule has 3 heterocycles. The van der Waals surface area contributed by atoms with Gasteiger partial charge in [-0.25, -0.2) is 14.2 Å². The second-order valence-corrected chi connectivity index (χ2v) is 8.71. The van der Waals surface area contributed by atoms with Crippen LogP contribution in [0.5, 0.6) is 5.75 Å². The molecule has 4 rings (SSSR count). The maximum absolute atomic E-state index is 12.8. The summed E-state index contributed by atoms with van der Waals surface area (Å²) < 4.78 is 29.4. The Balaban J connectivity index is 1.43. The van der Waals surface area contributed by atoms with Gasteiger partial charge in [-0.1, -0.05) is 11.3 Å². The highest BCUT2D eigenvalue weighted by atomic mass is 32.1. The van der Waals surface area contributed by atoms with E-state index in [4.69, 9.17) is 14.2 Å². The molecule has 2 aliphatic rings. The van der Waals surface area contributed by atoms with Gasteiger partial charge in [0.15, 0.2) is 5.13 Å². The predicted molar refractivity (Wildman–Crippen MR) is 119 cm³/mol. The number of piperidine rings is 1. The Morgan fingerprint density at radius 3 is 2.77 bits per heavy atom. The van der Waals surface area contributed by atoms with Crippen molar-refractivity contribution in [1.29, 1.82) is 0 Å². The number of hydrogen-bond donors (Lipinski definition) is 1. The van der Waals surface area contributed by atoms with E-state index < -0.39 is 6.67 Å². The number of halogens is 1. The van der Waals surface area contributed by atoms with Crippen molar-refractivity contribution in [3.05, 3.63) is 12.1 Å². The van der Waals surface area contributed by atoms with Crippen molar-refractivity contribution in [2.75, 3.05) is 76.6 Å². The molecular formula is C21H29FN4O4S. The van der Waals surface area contributed by atoms with Crippen LogP contribution in [0.1, 0.15) is 12.8 Å². The number of nitrogens with one attached hydrogen (secondary N) is 1. The van der Waals surface area contributed by atoms with Crippen LogP contribution in [-0.4, -0.2) is 82.3 Å². The molecular weight excluding hydrogens is 423 g/mol. The Kier molecular flexibility index (Phi) is 7.41. The first-order valence-electron chi connectivity index (χ1n) is 10.7. The van der Waals surface area contributed by atoms with Crippen molar-refractivity contribution in [1.82, 2.24) is 9.88 Å². The molecule has 2 aromatic rings. The molecule has 2 amide bonds. The number of carbonyl (C=O) groups is 1. The van der Waals surface area contributed by atoms with Gasteiger partial charge in [-0.05, 0) is 30.9 Å². The van der Waals surface area contributed by atoms with E-state index >= 15 is 0 Å². The summed E-state index contributed by atoms with van der Waals surface area (Å²) in [5, 5.41) is 3.53. The van der Waals surface area contributed by atoms with Crippen molar-refractivity contribution in [3.8, 4) is 5.75 Å². The summed E-state index contributed by atoms with van der Waals surface area (Å²) in [7, 11) is 1.63. The number of urea groups is 1. The van der Waals surface area contributed by atoms with E-state index in [1.165, 1.54) is 11.3 Å². The number of benzene rings is 1. The van der Waals surface area contributed by atoms with E-state index in [0.717, 1.165) is 41.8 Å². The zero-order valence-electron chi connectivity index (χ0n) is 17.8. The van der Waals surface area contributed by atoms with Gasteiger partial charge in [0.25, 0.3) is 0 Å². The van der Waals surface area contributed by atoms with Gasteiger partial charge in [0.05, 0.1) is 37.3 Å². The van der Waals surface area contributed by atoms with E-state index in [1.807, 2.05) is 12.1 Å². The number of fused-ring (bicyclic) bond motifs is 1. The van der Waals surface area contributed by atoms with Crippen LogP contribution in [-0.2, 0) is 9.47 Å². The van der Waals surface area contributed by atoms with Gasteiger partial charge in [0, 0.05) is 32.8 Å². The minimum Gasteiger partial charge on any atom is -0.494 e. The van der Waals surface area contributed by atoms with Gasteiger partial charge in [0.1, 0.15) is 17.9 Å². The summed E-state index contributed by atoms with van der Waals surface area (Å²) >= 11 is 1.47. The Bertz CT molecular complexity index is 882. The first-order chi connectivity index (χ1) is 15.2. The quantitative estimate of drug-likeness (QED) is 0.649. The minimum atomic E-state index is -0.457. The maximum Gasteiger partial charge on any atom is 0.323 e. The maximum atomic E-state index is 12.8. The van der Waals surface area contributed by atoms with Crippen LogP contribution in [0.15, 0.2) is 12.1 Å². The molecule has 0 saturated carbocycles. The number of rotatable bonds is 7. The van der Waals surface area contributed by atoms with E-state index in [2.05, 4.69) is 15.2 Å². The number of ether oxygens (including phenoxy) is 3. The van der Waals surface area contributed by atoms with Crippen molar-refractivity contribution in [2.24, 2.45) is 5.92 Å². The summed E-state index contributed by atoms with van der Waals surface area (Å²) in [4.78, 5) is 21.5. The van der Waals surface area contributed by atoms with Crippen LogP contribution >= 0.6 is 11.3 Å². The third-order valence-corrected chi connectivity index (χ3v) is 6.74. The monoisotopic (exact) mass is 452 g/mol. The fourth-order valence-corrected chi connectivity index (χ4v) is 5.03. The second kappa shape index (κ2) is 10.4. The number of methoxy groups -OCH3 is 1. The van der Waals surface area contributed by atoms with E-state index in [1.54, 1.807) is 12.0 Å². The Labute approximate surface area is 185 Å². The second-order valence-electron chi connectivity index (χ2n) is 7.71. The molecule has 0 radical (unpaired) electrons. The number of aromatic nitrogens is 1. The first kappa shape index (κ1) is 22.0. The molecule has 0 bridgehead atoms. The molecule has 2 aliphatic heterocycles. The third kappa shape index (κ3) is 5.19. The van der Waals surface area contributed by atoms with Gasteiger partial charge in [-0.2, -0.15) is 0 Å². The number of thiazole rings is 1. The summed E-state index contributed by atoms with van der Waals surface area (Å²) in [6, 6.07) is 3.83. The number of amides is 2. The number of hydrogen-bond acceptors (Lipinski definition) is 7. The topological polar surface area (TPSA) is 76.2 Å². The van der Waals surface area contributed by atoms with E-state index in [9.17, 15) is 9.18 Å². The predicted octanol–water partition coefficient (Wildman–Crippen LogP) is 3.37. The van der Waals surface area contributed by atoms with Crippen molar-refractivity contribution in [2.45, 2.75) is 12.8 Å². The van der Waals surface area contributed by atoms with Gasteiger partial charge >= 0.3 is 6.03 Å². The average Bonchev–Trinajstić information content (AvgIpc) is 3.23. The van der Waals surface area contributed by atoms with E-state index in [0.29, 0.717) is 49.7 Å². The summed E-state index contributed by atoms with van der Waals surface area (Å²) in [6.07, 6.45) is 1.71. The molecule has 0 atom stereocenters. The average molecular weight is 453 g/mol. The Morgan fingerprint density at radius 2 is 2.06 bits per heavy atom. The van der Waals surface area contributed by atoms with Crippen LogP contribution in [0.25, 0.3) is 10.2 Å². The summed E-state index contributed by atoms with van der Waals surface area (Å²) in [5.74, 6) is 1.07. The number of nitrogens with zero attached hydrogens (tertiary/aromatic N) is 3. The van der Waals surface area contributed by atoms with Gasteiger partial charge in [-0.3, -0.25) is 5.32 Å². The molecule has 0 unspecified atom stereocenters. The molecule has 0 spiro atoms. The lowest BCUT2D eigenvalue weighted by Crippen LogP contribution is -2.41. The molecule has 2 saturated heterocycles. The molecule has 0 aliphatic carbocycles. The zero-order chi connectivity index (χ0) is 21.6. The highest BCUT2D eigenvalue weighted by molar-refractivity contribution is 7.23. The molecule has 31 heavy (non-hydrogen) atoms. The third-order valence-electron chi connectivity index (χ3n) is 5.75. The molecule has 2 fully saturated rings. The van der Waals surface area contributed by atoms with Crippen LogP contribution in [0.2, 0.25) is 0 Å². The van der Waals surface area contributed by atoms with Crippen LogP contribution < -0.4 is 15.0 Å². The standard InChI is InChI=1S/C21H29FN4O4S/c1-28-17-3-2-16(25-9-12-29-13-10-25)19-18(17)23-20(31-19)24-21(27)26-7-4-15(5-8-26)14-30-11-6-22/h2-3,15H,4-14H2,1H3,(H,23,24,27). The summed E-state index contributed by atoms with van der Waals surface area (Å²) in [5.41, 5.74) is 1.85. The highest BCUT2D eigenvalue weighted by Crippen LogP contribution is 2.39. The SMILES string of the molecule is COc1ccc(N2CCOCC2)c2sc(NC(=O)N3CCC(COCCF)CC3)nc12. The van der Waals surface area contributed by atoms with E-state index in [-0.39, 0.29) is 12.6 Å². The molecule has 1 aromatic carbocycles. The largest absolute Gasteiger partial charge is 0.494 e. The number of likely N-dealkylation sites (tertiary alicyclic amines) is 1. The fraction of sp³-hybridized carbons (Fsp3) is 0.619. The number of carbonyl (C=O) groups excluding carboxylic acids is 1. The Morgan fingerprint density at radius 1 is 1.29 bits per heavy atom. The van der Waals surface area contributed by atoms with Crippen molar-refractivity contribution < 1.29 is 23.4 Å². The van der Waals surface area contributed by atoms with Gasteiger partial charge in [0.2, 0.25) is 0 Å². The Hall–Kier alpha value is -2.17. The van der Waals surface area contributed by atoms with Crippen LogP contribution in [0, 0.1) is 5.92 Å². The fourth-order valence-electron chi connectivity index (χ4n) is 4.02. The zero-order valence-corrected chi connectivity index (χ0v) is 18.6. The molecule has 1 N–H and O–H groups in total. The lowest BCUT2D eigenvalue weighted by atomic mass is 9.98. The highest BCUT2D eigenvalue weighted by Gasteiger charge is 2.25. The molecule has 170 valence electrons. The number of alkyl halides is 1. The lowest BCUT2D eigenvalue weighted by Gasteiger charge is -2.31. The lowest BCUT2D eigenvalue weighted by molar-refractivity contribution is 0.0661. The molecule has 8 nitrogen and oxygen atoms in total. The van der Waals surface area contributed by atoms with Crippen LogP contribution in [0.3, 0.4) is 0 Å². The number of morpholine rings is 1.